The smallest absolute Gasteiger partial charge is 0.228 e. The van der Waals surface area contributed by atoms with E-state index in [0.29, 0.717) is 6.61 Å². The highest BCUT2D eigenvalue weighted by molar-refractivity contribution is 7.99. The highest BCUT2D eigenvalue weighted by Crippen LogP contribution is 2.28. The molecule has 0 radical (unpaired) electrons. The van der Waals surface area contributed by atoms with E-state index in [4.69, 9.17) is 9.47 Å². The van der Waals surface area contributed by atoms with Crippen LogP contribution in [0.3, 0.4) is 0 Å². The Morgan fingerprint density at radius 3 is 2.76 bits per heavy atom. The number of rotatable bonds is 8. The standard InChI is InChI=1S/C22H32N4O2S/c1-17-9-11-25(12-10-17)21-23-24-22(26(21)16-19-7-5-13-27-19)29-15-14-28-20-8-4-3-6-18(20)2/h3-4,6,8,17,19H,5,7,9-16H2,1-2H3. The minimum atomic E-state index is 0.274. The molecule has 0 spiro atoms. The number of benzene rings is 1. The monoisotopic (exact) mass is 416 g/mol. The molecule has 1 aromatic carbocycles. The maximum atomic E-state index is 5.95. The molecule has 7 heteroatoms. The average Bonchev–Trinajstić information content (AvgIpc) is 3.38. The molecule has 1 aromatic heterocycles. The quantitative estimate of drug-likeness (QED) is 0.475. The van der Waals surface area contributed by atoms with E-state index in [0.717, 1.165) is 67.6 Å². The van der Waals surface area contributed by atoms with Gasteiger partial charge in [0.2, 0.25) is 5.95 Å². The highest BCUT2D eigenvalue weighted by atomic mass is 32.2. The normalized spacial score (nSPS) is 20.3. The first-order valence-electron chi connectivity index (χ1n) is 10.8. The third-order valence-electron chi connectivity index (χ3n) is 5.84. The van der Waals surface area contributed by atoms with Crippen molar-refractivity contribution in [3.05, 3.63) is 29.8 Å². The molecule has 0 N–H and O–H groups in total. The Labute approximate surface area is 178 Å². The lowest BCUT2D eigenvalue weighted by atomic mass is 10.00. The van der Waals surface area contributed by atoms with Crippen molar-refractivity contribution in [2.24, 2.45) is 5.92 Å². The van der Waals surface area contributed by atoms with Gasteiger partial charge >= 0.3 is 0 Å². The van der Waals surface area contributed by atoms with Gasteiger partial charge in [0, 0.05) is 25.4 Å². The molecule has 0 aliphatic carbocycles. The molecule has 2 aliphatic rings. The fourth-order valence-corrected chi connectivity index (χ4v) is 4.74. The van der Waals surface area contributed by atoms with E-state index >= 15 is 0 Å². The number of aromatic nitrogens is 3. The Morgan fingerprint density at radius 2 is 2.00 bits per heavy atom. The molecule has 0 bridgehead atoms. The number of thioether (sulfide) groups is 1. The molecule has 158 valence electrons. The van der Waals surface area contributed by atoms with Gasteiger partial charge in [-0.15, -0.1) is 10.2 Å². The Hall–Kier alpha value is -1.73. The zero-order valence-corrected chi connectivity index (χ0v) is 18.4. The summed E-state index contributed by atoms with van der Waals surface area (Å²) in [6.07, 6.45) is 4.99. The molecule has 2 fully saturated rings. The van der Waals surface area contributed by atoms with Crippen molar-refractivity contribution < 1.29 is 9.47 Å². The molecule has 6 nitrogen and oxygen atoms in total. The summed E-state index contributed by atoms with van der Waals surface area (Å²) in [7, 11) is 0. The third kappa shape index (κ3) is 5.25. The predicted octanol–water partition coefficient (Wildman–Crippen LogP) is 4.17. The third-order valence-corrected chi connectivity index (χ3v) is 6.77. The lowest BCUT2D eigenvalue weighted by Gasteiger charge is -2.31. The van der Waals surface area contributed by atoms with Crippen molar-refractivity contribution >= 4 is 17.7 Å². The summed E-state index contributed by atoms with van der Waals surface area (Å²) in [6.45, 7) is 8.90. The van der Waals surface area contributed by atoms with Crippen LogP contribution in [0.4, 0.5) is 5.95 Å². The molecule has 2 aliphatic heterocycles. The summed E-state index contributed by atoms with van der Waals surface area (Å²) < 4.78 is 14.1. The van der Waals surface area contributed by atoms with Gasteiger partial charge in [-0.05, 0) is 50.2 Å². The van der Waals surface area contributed by atoms with Crippen LogP contribution in [0.25, 0.3) is 0 Å². The number of aryl methyl sites for hydroxylation is 1. The second-order valence-electron chi connectivity index (χ2n) is 8.16. The van der Waals surface area contributed by atoms with Gasteiger partial charge in [-0.3, -0.25) is 4.57 Å². The molecule has 4 rings (SSSR count). The van der Waals surface area contributed by atoms with Crippen LogP contribution in [0, 0.1) is 12.8 Å². The first-order valence-corrected chi connectivity index (χ1v) is 11.8. The van der Waals surface area contributed by atoms with E-state index in [2.05, 4.69) is 39.6 Å². The summed E-state index contributed by atoms with van der Waals surface area (Å²) in [4.78, 5) is 2.40. The van der Waals surface area contributed by atoms with Gasteiger partial charge in [-0.1, -0.05) is 36.9 Å². The number of hydrogen-bond acceptors (Lipinski definition) is 6. The molecule has 0 amide bonds. The highest BCUT2D eigenvalue weighted by Gasteiger charge is 2.25. The van der Waals surface area contributed by atoms with E-state index in [1.165, 1.54) is 18.4 Å². The van der Waals surface area contributed by atoms with Gasteiger partial charge in [0.1, 0.15) is 5.75 Å². The van der Waals surface area contributed by atoms with Crippen molar-refractivity contribution in [2.45, 2.75) is 57.3 Å². The van der Waals surface area contributed by atoms with Crippen LogP contribution in [0.1, 0.15) is 38.2 Å². The van der Waals surface area contributed by atoms with Gasteiger partial charge in [-0.25, -0.2) is 0 Å². The van der Waals surface area contributed by atoms with Gasteiger partial charge in [0.25, 0.3) is 0 Å². The lowest BCUT2D eigenvalue weighted by molar-refractivity contribution is 0.0951. The summed E-state index contributed by atoms with van der Waals surface area (Å²) >= 11 is 1.72. The number of nitrogens with zero attached hydrogens (tertiary/aromatic N) is 4. The fraction of sp³-hybridized carbons (Fsp3) is 0.636. The number of ether oxygens (including phenoxy) is 2. The molecule has 0 saturated carbocycles. The molecular weight excluding hydrogens is 384 g/mol. The summed E-state index contributed by atoms with van der Waals surface area (Å²) in [6, 6.07) is 8.15. The van der Waals surface area contributed by atoms with Crippen LogP contribution in [0.2, 0.25) is 0 Å². The van der Waals surface area contributed by atoms with Crippen LogP contribution in [-0.4, -0.2) is 52.9 Å². The minimum absolute atomic E-state index is 0.274. The van der Waals surface area contributed by atoms with Gasteiger partial charge in [0.05, 0.1) is 19.3 Å². The minimum Gasteiger partial charge on any atom is -0.492 e. The van der Waals surface area contributed by atoms with Crippen LogP contribution < -0.4 is 9.64 Å². The van der Waals surface area contributed by atoms with Crippen molar-refractivity contribution in [1.82, 2.24) is 14.8 Å². The first kappa shape index (κ1) is 20.5. The first-order chi connectivity index (χ1) is 14.2. The van der Waals surface area contributed by atoms with E-state index < -0.39 is 0 Å². The maximum Gasteiger partial charge on any atom is 0.228 e. The maximum absolute atomic E-state index is 5.95. The topological polar surface area (TPSA) is 52.4 Å². The SMILES string of the molecule is Cc1ccccc1OCCSc1nnc(N2CCC(C)CC2)n1CC1CCCO1. The zero-order valence-electron chi connectivity index (χ0n) is 17.5. The lowest BCUT2D eigenvalue weighted by Crippen LogP contribution is -2.35. The molecule has 1 atom stereocenters. The number of para-hydroxylation sites is 1. The van der Waals surface area contributed by atoms with E-state index in [-0.39, 0.29) is 6.10 Å². The molecule has 2 aromatic rings. The van der Waals surface area contributed by atoms with Crippen LogP contribution >= 0.6 is 11.8 Å². The Kier molecular flexibility index (Phi) is 6.98. The van der Waals surface area contributed by atoms with Crippen LogP contribution in [0.5, 0.6) is 5.75 Å². The summed E-state index contributed by atoms with van der Waals surface area (Å²) in [5, 5.41) is 10.1. The fourth-order valence-electron chi connectivity index (χ4n) is 3.98. The van der Waals surface area contributed by atoms with Gasteiger partial charge in [0.15, 0.2) is 5.16 Å². The number of anilines is 1. The molecule has 1 unspecified atom stereocenters. The summed E-state index contributed by atoms with van der Waals surface area (Å²) in [5.74, 6) is 3.61. The van der Waals surface area contributed by atoms with E-state index in [1.807, 2.05) is 18.2 Å². The average molecular weight is 417 g/mol. The van der Waals surface area contributed by atoms with Crippen molar-refractivity contribution in [3.63, 3.8) is 0 Å². The van der Waals surface area contributed by atoms with Crippen molar-refractivity contribution in [1.29, 1.82) is 0 Å². The largest absolute Gasteiger partial charge is 0.492 e. The van der Waals surface area contributed by atoms with Crippen LogP contribution in [0.15, 0.2) is 29.4 Å². The Balaban J connectivity index is 1.40. The summed E-state index contributed by atoms with van der Waals surface area (Å²) in [5.41, 5.74) is 1.17. The second kappa shape index (κ2) is 9.85. The molecular formula is C22H32N4O2S. The molecule has 2 saturated heterocycles. The second-order valence-corrected chi connectivity index (χ2v) is 9.22. The van der Waals surface area contributed by atoms with Gasteiger partial charge in [-0.2, -0.15) is 0 Å². The molecule has 29 heavy (non-hydrogen) atoms. The Bertz CT molecular complexity index is 783. The molecule has 3 heterocycles. The zero-order chi connectivity index (χ0) is 20.1. The number of piperidine rings is 1. The number of hydrogen-bond donors (Lipinski definition) is 0. The van der Waals surface area contributed by atoms with Crippen LogP contribution in [-0.2, 0) is 11.3 Å². The van der Waals surface area contributed by atoms with Gasteiger partial charge < -0.3 is 14.4 Å². The van der Waals surface area contributed by atoms with E-state index in [1.54, 1.807) is 11.8 Å². The predicted molar refractivity (Wildman–Crippen MR) is 117 cm³/mol. The van der Waals surface area contributed by atoms with Crippen molar-refractivity contribution in [2.75, 3.05) is 37.0 Å². The van der Waals surface area contributed by atoms with E-state index in [9.17, 15) is 0 Å². The van der Waals surface area contributed by atoms with Crippen molar-refractivity contribution in [3.8, 4) is 5.75 Å². The Morgan fingerprint density at radius 1 is 1.17 bits per heavy atom.